The molecule has 0 saturated heterocycles. The van der Waals surface area contributed by atoms with E-state index in [0.717, 1.165) is 12.0 Å². The highest BCUT2D eigenvalue weighted by Gasteiger charge is 2.20. The number of amides is 1. The second-order valence-electron chi connectivity index (χ2n) is 8.07. The van der Waals surface area contributed by atoms with E-state index in [-0.39, 0.29) is 11.7 Å². The van der Waals surface area contributed by atoms with Crippen LogP contribution in [0.15, 0.2) is 65.8 Å². The maximum atomic E-state index is 12.7. The van der Waals surface area contributed by atoms with Crippen molar-refractivity contribution in [1.29, 1.82) is 0 Å². The standard InChI is InChI=1S/C27H26Cl2N4O4S/c1-35-22-13-18(14-23(36-2)25(22)37-3)26-31-32-27(33(26)12-11-17-7-5-4-6-8-17)38-16-24(34)30-19-9-10-20(28)21(29)15-19/h4-10,13-15H,11-12,16H2,1-3H3,(H,30,34). The quantitative estimate of drug-likeness (QED) is 0.212. The number of aryl methyl sites for hydroxylation is 1. The predicted octanol–water partition coefficient (Wildman–Crippen LogP) is 6.25. The normalized spacial score (nSPS) is 10.8. The monoisotopic (exact) mass is 572 g/mol. The summed E-state index contributed by atoms with van der Waals surface area (Å²) >= 11 is 13.3. The van der Waals surface area contributed by atoms with Crippen molar-refractivity contribution in [3.63, 3.8) is 0 Å². The van der Waals surface area contributed by atoms with Gasteiger partial charge in [-0.3, -0.25) is 4.79 Å². The molecule has 8 nitrogen and oxygen atoms in total. The average Bonchev–Trinajstić information content (AvgIpc) is 3.35. The summed E-state index contributed by atoms with van der Waals surface area (Å²) in [6.45, 7) is 0.597. The van der Waals surface area contributed by atoms with Gasteiger partial charge in [0.25, 0.3) is 0 Å². The van der Waals surface area contributed by atoms with Gasteiger partial charge in [0, 0.05) is 17.8 Å². The van der Waals surface area contributed by atoms with Gasteiger partial charge in [0.15, 0.2) is 22.5 Å². The highest BCUT2D eigenvalue weighted by atomic mass is 35.5. The summed E-state index contributed by atoms with van der Waals surface area (Å²) in [5.74, 6) is 2.04. The zero-order chi connectivity index (χ0) is 27.1. The van der Waals surface area contributed by atoms with Crippen LogP contribution in [0.3, 0.4) is 0 Å². The lowest BCUT2D eigenvalue weighted by atomic mass is 10.1. The lowest BCUT2D eigenvalue weighted by Crippen LogP contribution is -2.15. The van der Waals surface area contributed by atoms with Gasteiger partial charge in [0.05, 0.1) is 37.1 Å². The topological polar surface area (TPSA) is 87.5 Å². The van der Waals surface area contributed by atoms with E-state index in [2.05, 4.69) is 27.6 Å². The first-order valence-electron chi connectivity index (χ1n) is 11.6. The molecule has 1 N–H and O–H groups in total. The van der Waals surface area contributed by atoms with E-state index in [0.29, 0.717) is 50.5 Å². The predicted molar refractivity (Wildman–Crippen MR) is 151 cm³/mol. The molecule has 38 heavy (non-hydrogen) atoms. The highest BCUT2D eigenvalue weighted by Crippen LogP contribution is 2.41. The van der Waals surface area contributed by atoms with Gasteiger partial charge in [-0.05, 0) is 42.3 Å². The van der Waals surface area contributed by atoms with Crippen LogP contribution in [-0.4, -0.2) is 47.8 Å². The number of benzene rings is 3. The third-order valence-electron chi connectivity index (χ3n) is 5.64. The maximum Gasteiger partial charge on any atom is 0.234 e. The molecular formula is C27H26Cl2N4O4S. The first-order valence-corrected chi connectivity index (χ1v) is 13.3. The van der Waals surface area contributed by atoms with Crippen LogP contribution in [0.2, 0.25) is 10.0 Å². The smallest absolute Gasteiger partial charge is 0.234 e. The van der Waals surface area contributed by atoms with Crippen molar-refractivity contribution < 1.29 is 19.0 Å². The maximum absolute atomic E-state index is 12.7. The lowest BCUT2D eigenvalue weighted by Gasteiger charge is -2.15. The molecule has 0 saturated carbocycles. The molecule has 1 amide bonds. The summed E-state index contributed by atoms with van der Waals surface area (Å²) < 4.78 is 18.5. The van der Waals surface area contributed by atoms with Crippen molar-refractivity contribution in [2.75, 3.05) is 32.4 Å². The lowest BCUT2D eigenvalue weighted by molar-refractivity contribution is -0.113. The van der Waals surface area contributed by atoms with Gasteiger partial charge < -0.3 is 24.1 Å². The van der Waals surface area contributed by atoms with Crippen LogP contribution >= 0.6 is 35.0 Å². The number of aromatic nitrogens is 3. The highest BCUT2D eigenvalue weighted by molar-refractivity contribution is 7.99. The average molecular weight is 574 g/mol. The Labute approximate surface area is 235 Å². The van der Waals surface area contributed by atoms with Crippen molar-refractivity contribution >= 4 is 46.6 Å². The van der Waals surface area contributed by atoms with Crippen LogP contribution in [0.1, 0.15) is 5.56 Å². The van der Waals surface area contributed by atoms with Crippen molar-refractivity contribution in [1.82, 2.24) is 14.8 Å². The second-order valence-corrected chi connectivity index (χ2v) is 9.83. The van der Waals surface area contributed by atoms with Gasteiger partial charge in [-0.25, -0.2) is 0 Å². The number of hydrogen-bond acceptors (Lipinski definition) is 7. The molecule has 0 spiro atoms. The van der Waals surface area contributed by atoms with Crippen LogP contribution < -0.4 is 19.5 Å². The van der Waals surface area contributed by atoms with Crippen LogP contribution in [0.25, 0.3) is 11.4 Å². The second kappa shape index (κ2) is 12.9. The van der Waals surface area contributed by atoms with Crippen LogP contribution in [0, 0.1) is 0 Å². The summed E-state index contributed by atoms with van der Waals surface area (Å²) in [4.78, 5) is 12.7. The third-order valence-corrected chi connectivity index (χ3v) is 7.35. The first-order chi connectivity index (χ1) is 18.4. The molecule has 4 aromatic rings. The number of hydrogen-bond donors (Lipinski definition) is 1. The van der Waals surface area contributed by atoms with E-state index in [1.54, 1.807) is 39.5 Å². The fraction of sp³-hybridized carbons (Fsp3) is 0.222. The number of ether oxygens (including phenoxy) is 3. The zero-order valence-electron chi connectivity index (χ0n) is 21.0. The van der Waals surface area contributed by atoms with Crippen molar-refractivity contribution in [3.8, 4) is 28.6 Å². The molecule has 1 heterocycles. The Morgan fingerprint density at radius 1 is 0.921 bits per heavy atom. The van der Waals surface area contributed by atoms with Gasteiger partial charge in [-0.1, -0.05) is 65.3 Å². The van der Waals surface area contributed by atoms with Gasteiger partial charge in [0.1, 0.15) is 0 Å². The molecule has 11 heteroatoms. The molecule has 0 bridgehead atoms. The van der Waals surface area contributed by atoms with Crippen LogP contribution in [0.4, 0.5) is 5.69 Å². The first kappa shape index (κ1) is 27.6. The number of nitrogens with one attached hydrogen (secondary N) is 1. The van der Waals surface area contributed by atoms with Gasteiger partial charge in [-0.15, -0.1) is 10.2 Å². The number of rotatable bonds is 11. The summed E-state index contributed by atoms with van der Waals surface area (Å²) in [7, 11) is 4.68. The number of carbonyl (C=O) groups is 1. The Bertz CT molecular complexity index is 1390. The summed E-state index contributed by atoms with van der Waals surface area (Å²) in [5.41, 5.74) is 2.48. The summed E-state index contributed by atoms with van der Waals surface area (Å²) in [6.07, 6.45) is 0.749. The van der Waals surface area contributed by atoms with E-state index in [1.807, 2.05) is 34.9 Å². The summed E-state index contributed by atoms with van der Waals surface area (Å²) in [5, 5.41) is 13.1. The van der Waals surface area contributed by atoms with E-state index in [9.17, 15) is 4.79 Å². The third kappa shape index (κ3) is 6.53. The number of nitrogens with zero attached hydrogens (tertiary/aromatic N) is 3. The molecule has 0 fully saturated rings. The molecule has 0 aliphatic carbocycles. The fourth-order valence-corrected chi connectivity index (χ4v) is 4.87. The van der Waals surface area contributed by atoms with E-state index < -0.39 is 0 Å². The minimum Gasteiger partial charge on any atom is -0.493 e. The van der Waals surface area contributed by atoms with E-state index >= 15 is 0 Å². The number of carbonyl (C=O) groups excluding carboxylic acids is 1. The number of thioether (sulfide) groups is 1. The molecule has 0 unspecified atom stereocenters. The SMILES string of the molecule is COc1cc(-c2nnc(SCC(=O)Nc3ccc(Cl)c(Cl)c3)n2CCc2ccccc2)cc(OC)c1OC. The molecule has 0 aliphatic heterocycles. The number of methoxy groups -OCH3 is 3. The fourth-order valence-electron chi connectivity index (χ4n) is 3.81. The van der Waals surface area contributed by atoms with Crippen LogP contribution in [0.5, 0.6) is 17.2 Å². The van der Waals surface area contributed by atoms with Gasteiger partial charge in [-0.2, -0.15) is 0 Å². The van der Waals surface area contributed by atoms with Crippen molar-refractivity contribution in [2.45, 2.75) is 18.1 Å². The molecule has 0 radical (unpaired) electrons. The number of anilines is 1. The van der Waals surface area contributed by atoms with Crippen molar-refractivity contribution in [3.05, 3.63) is 76.3 Å². The molecule has 0 aliphatic rings. The Hall–Kier alpha value is -3.40. The summed E-state index contributed by atoms with van der Waals surface area (Å²) in [6, 6.07) is 18.7. The largest absolute Gasteiger partial charge is 0.493 e. The Morgan fingerprint density at radius 3 is 2.26 bits per heavy atom. The zero-order valence-corrected chi connectivity index (χ0v) is 23.4. The van der Waals surface area contributed by atoms with Gasteiger partial charge >= 0.3 is 0 Å². The van der Waals surface area contributed by atoms with Gasteiger partial charge in [0.2, 0.25) is 11.7 Å². The molecule has 3 aromatic carbocycles. The molecular weight excluding hydrogens is 547 g/mol. The van der Waals surface area contributed by atoms with Crippen molar-refractivity contribution in [2.24, 2.45) is 0 Å². The Balaban J connectivity index is 1.61. The molecule has 0 atom stereocenters. The Morgan fingerprint density at radius 2 is 1.63 bits per heavy atom. The minimum atomic E-state index is -0.208. The molecule has 198 valence electrons. The van der Waals surface area contributed by atoms with Crippen LogP contribution in [-0.2, 0) is 17.8 Å². The minimum absolute atomic E-state index is 0.124. The molecule has 4 rings (SSSR count). The number of halogens is 2. The van der Waals surface area contributed by atoms with E-state index in [4.69, 9.17) is 37.4 Å². The Kier molecular flexibility index (Phi) is 9.38. The van der Waals surface area contributed by atoms with E-state index in [1.165, 1.54) is 17.3 Å². The molecule has 1 aromatic heterocycles.